The standard InChI is InChI=1S/C22H32O2P2/c1-15-10-9-11-19(26(7)8)21(15)25-18-13-17(22(3,4)5)12-16(2)20(18)24-14-23-6/h9-13,25H,14H2,1-8H3. The van der Waals surface area contributed by atoms with E-state index in [1.165, 1.54) is 32.6 Å². The molecule has 0 radical (unpaired) electrons. The normalized spacial score (nSPS) is 12.3. The van der Waals surface area contributed by atoms with Crippen LogP contribution in [0, 0.1) is 13.8 Å². The van der Waals surface area contributed by atoms with Gasteiger partial charge in [0.05, 0.1) is 0 Å². The summed E-state index contributed by atoms with van der Waals surface area (Å²) in [6, 6.07) is 11.3. The Bertz CT molecular complexity index is 761. The molecule has 0 aliphatic rings. The summed E-state index contributed by atoms with van der Waals surface area (Å²) in [5.74, 6) is 0.976. The van der Waals surface area contributed by atoms with Gasteiger partial charge in [-0.15, -0.1) is 0 Å². The van der Waals surface area contributed by atoms with E-state index in [1.54, 1.807) is 7.11 Å². The van der Waals surface area contributed by atoms with Crippen molar-refractivity contribution in [3.63, 3.8) is 0 Å². The molecular weight excluding hydrogens is 358 g/mol. The maximum absolute atomic E-state index is 5.99. The molecule has 1 unspecified atom stereocenters. The van der Waals surface area contributed by atoms with E-state index >= 15 is 0 Å². The molecule has 4 heteroatoms. The van der Waals surface area contributed by atoms with E-state index in [9.17, 15) is 0 Å². The number of rotatable bonds is 6. The van der Waals surface area contributed by atoms with E-state index in [1.807, 2.05) is 0 Å². The molecule has 0 saturated carbocycles. The molecule has 0 aliphatic heterocycles. The number of hydrogen-bond donors (Lipinski definition) is 0. The number of ether oxygens (including phenoxy) is 2. The topological polar surface area (TPSA) is 18.5 Å². The van der Waals surface area contributed by atoms with E-state index in [2.05, 4.69) is 78.3 Å². The molecule has 2 aromatic carbocycles. The van der Waals surface area contributed by atoms with Crippen molar-refractivity contribution in [1.82, 2.24) is 0 Å². The minimum atomic E-state index is -0.146. The van der Waals surface area contributed by atoms with Crippen LogP contribution in [0.5, 0.6) is 5.75 Å². The van der Waals surface area contributed by atoms with E-state index in [0.29, 0.717) is 8.58 Å². The molecule has 0 saturated heterocycles. The Labute approximate surface area is 162 Å². The average Bonchev–Trinajstić information content (AvgIpc) is 2.54. The van der Waals surface area contributed by atoms with Crippen LogP contribution in [0.3, 0.4) is 0 Å². The first-order valence-corrected chi connectivity index (χ1v) is 12.2. The fraction of sp³-hybridized carbons (Fsp3) is 0.455. The smallest absolute Gasteiger partial charge is 0.188 e. The van der Waals surface area contributed by atoms with Crippen molar-refractivity contribution in [3.8, 4) is 5.75 Å². The number of methoxy groups -OCH3 is 1. The summed E-state index contributed by atoms with van der Waals surface area (Å²) in [7, 11) is 2.11. The van der Waals surface area contributed by atoms with Crippen LogP contribution in [0.25, 0.3) is 0 Å². The van der Waals surface area contributed by atoms with Gasteiger partial charge in [0.2, 0.25) is 0 Å². The van der Waals surface area contributed by atoms with Gasteiger partial charge in [-0.1, -0.05) is 61.5 Å². The van der Waals surface area contributed by atoms with Gasteiger partial charge < -0.3 is 9.47 Å². The first-order chi connectivity index (χ1) is 12.1. The van der Waals surface area contributed by atoms with Crippen molar-refractivity contribution in [2.24, 2.45) is 0 Å². The third-order valence-corrected chi connectivity index (χ3v) is 7.56. The lowest BCUT2D eigenvalue weighted by Gasteiger charge is -2.24. The Morgan fingerprint density at radius 3 is 2.31 bits per heavy atom. The fourth-order valence-electron chi connectivity index (χ4n) is 2.93. The zero-order chi connectivity index (χ0) is 19.5. The van der Waals surface area contributed by atoms with Crippen LogP contribution in [0.15, 0.2) is 30.3 Å². The van der Waals surface area contributed by atoms with E-state index in [-0.39, 0.29) is 20.1 Å². The zero-order valence-electron chi connectivity index (χ0n) is 17.4. The minimum absolute atomic E-state index is 0.112. The molecule has 0 fully saturated rings. The van der Waals surface area contributed by atoms with Crippen molar-refractivity contribution in [3.05, 3.63) is 47.0 Å². The van der Waals surface area contributed by atoms with Gasteiger partial charge >= 0.3 is 0 Å². The molecule has 26 heavy (non-hydrogen) atoms. The Morgan fingerprint density at radius 1 is 1.04 bits per heavy atom. The SMILES string of the molecule is COCOc1c(C)cc(C(C)(C)C)cc1Pc1c(C)cccc1P(C)C. The monoisotopic (exact) mass is 390 g/mol. The number of hydrogen-bond acceptors (Lipinski definition) is 2. The summed E-state index contributed by atoms with van der Waals surface area (Å²) in [6.45, 7) is 16.1. The highest BCUT2D eigenvalue weighted by Gasteiger charge is 2.20. The van der Waals surface area contributed by atoms with Crippen LogP contribution in [-0.4, -0.2) is 27.2 Å². The lowest BCUT2D eigenvalue weighted by Crippen LogP contribution is -2.25. The average molecular weight is 390 g/mol. The molecular formula is C22H32O2P2. The van der Waals surface area contributed by atoms with Gasteiger partial charge in [-0.05, 0) is 66.0 Å². The second-order valence-corrected chi connectivity index (χ2v) is 11.5. The van der Waals surface area contributed by atoms with Gasteiger partial charge in [-0.25, -0.2) is 0 Å². The number of aryl methyl sites for hydroxylation is 2. The maximum atomic E-state index is 5.99. The fourth-order valence-corrected chi connectivity index (χ4v) is 6.15. The van der Waals surface area contributed by atoms with E-state index in [0.717, 1.165) is 5.75 Å². The molecule has 0 amide bonds. The Balaban J connectivity index is 2.59. The van der Waals surface area contributed by atoms with Crippen LogP contribution in [0.1, 0.15) is 37.5 Å². The molecule has 0 aliphatic carbocycles. The maximum Gasteiger partial charge on any atom is 0.188 e. The molecule has 1 atom stereocenters. The van der Waals surface area contributed by atoms with Crippen molar-refractivity contribution in [1.29, 1.82) is 0 Å². The molecule has 142 valence electrons. The Morgan fingerprint density at radius 2 is 1.73 bits per heavy atom. The Kier molecular flexibility index (Phi) is 7.26. The van der Waals surface area contributed by atoms with E-state index < -0.39 is 0 Å². The molecule has 0 bridgehead atoms. The molecule has 0 N–H and O–H groups in total. The molecule has 2 nitrogen and oxygen atoms in total. The predicted molar refractivity (Wildman–Crippen MR) is 120 cm³/mol. The van der Waals surface area contributed by atoms with Gasteiger partial charge in [0.15, 0.2) is 6.79 Å². The van der Waals surface area contributed by atoms with Crippen molar-refractivity contribution in [2.75, 3.05) is 27.2 Å². The highest BCUT2D eigenvalue weighted by Crippen LogP contribution is 2.32. The second kappa shape index (κ2) is 8.83. The molecule has 2 rings (SSSR count). The van der Waals surface area contributed by atoms with Crippen LogP contribution < -0.4 is 20.7 Å². The summed E-state index contributed by atoms with van der Waals surface area (Å²) >= 11 is 0. The van der Waals surface area contributed by atoms with Gasteiger partial charge in [0.1, 0.15) is 5.75 Å². The van der Waals surface area contributed by atoms with Gasteiger partial charge in [-0.2, -0.15) is 0 Å². The van der Waals surface area contributed by atoms with Crippen molar-refractivity contribution >= 4 is 32.4 Å². The van der Waals surface area contributed by atoms with Crippen LogP contribution >= 0.6 is 16.5 Å². The molecule has 0 spiro atoms. The zero-order valence-corrected chi connectivity index (χ0v) is 19.3. The van der Waals surface area contributed by atoms with Gasteiger partial charge in [-0.3, -0.25) is 0 Å². The van der Waals surface area contributed by atoms with Crippen LogP contribution in [0.4, 0.5) is 0 Å². The Hall–Kier alpha value is -0.940. The highest BCUT2D eigenvalue weighted by molar-refractivity contribution is 7.67. The summed E-state index contributed by atoms with van der Waals surface area (Å²) in [5, 5.41) is 4.24. The lowest BCUT2D eigenvalue weighted by atomic mass is 9.86. The largest absolute Gasteiger partial charge is 0.467 e. The van der Waals surface area contributed by atoms with Crippen LogP contribution in [-0.2, 0) is 10.2 Å². The molecule has 2 aromatic rings. The summed E-state index contributed by atoms with van der Waals surface area (Å²) in [5.41, 5.74) is 4.02. The number of benzene rings is 2. The summed E-state index contributed by atoms with van der Waals surface area (Å²) in [6.07, 6.45) is 0. The summed E-state index contributed by atoms with van der Waals surface area (Å²) < 4.78 is 11.2. The van der Waals surface area contributed by atoms with Gasteiger partial charge in [0, 0.05) is 12.4 Å². The van der Waals surface area contributed by atoms with Gasteiger partial charge in [0.25, 0.3) is 0 Å². The molecule has 0 heterocycles. The molecule has 0 aromatic heterocycles. The minimum Gasteiger partial charge on any atom is -0.467 e. The third-order valence-electron chi connectivity index (χ3n) is 4.45. The van der Waals surface area contributed by atoms with Crippen molar-refractivity contribution < 1.29 is 9.47 Å². The first kappa shape index (κ1) is 21.4. The third kappa shape index (κ3) is 5.07. The highest BCUT2D eigenvalue weighted by atomic mass is 31.1. The summed E-state index contributed by atoms with van der Waals surface area (Å²) in [4.78, 5) is 0. The predicted octanol–water partition coefficient (Wildman–Crippen LogP) is 4.58. The first-order valence-electron chi connectivity index (χ1n) is 8.96. The quantitative estimate of drug-likeness (QED) is 0.531. The van der Waals surface area contributed by atoms with Crippen molar-refractivity contribution in [2.45, 2.75) is 40.0 Å². The van der Waals surface area contributed by atoms with Crippen LogP contribution in [0.2, 0.25) is 0 Å². The second-order valence-electron chi connectivity index (χ2n) is 7.96. The lowest BCUT2D eigenvalue weighted by molar-refractivity contribution is 0.0514. The van der Waals surface area contributed by atoms with E-state index in [4.69, 9.17) is 9.47 Å².